The van der Waals surface area contributed by atoms with Crippen molar-refractivity contribution < 1.29 is 19.1 Å². The Morgan fingerprint density at radius 3 is 2.14 bits per heavy atom. The molecule has 1 N–H and O–H groups in total. The fraction of sp³-hybridized carbons (Fsp3) is 0.364. The Hall–Kier alpha value is -3.02. The number of anilines is 1. The van der Waals surface area contributed by atoms with Gasteiger partial charge in [0.05, 0.1) is 14.2 Å². The van der Waals surface area contributed by atoms with Crippen molar-refractivity contribution in [3.05, 3.63) is 53.6 Å². The summed E-state index contributed by atoms with van der Waals surface area (Å²) >= 11 is 0. The van der Waals surface area contributed by atoms with Crippen LogP contribution in [-0.4, -0.2) is 44.0 Å². The number of likely N-dealkylation sites (tertiary alicyclic amines) is 1. The summed E-state index contributed by atoms with van der Waals surface area (Å²) in [6.07, 6.45) is 3.43. The summed E-state index contributed by atoms with van der Waals surface area (Å²) in [5.41, 5.74) is 2.10. The Labute approximate surface area is 165 Å². The molecule has 6 nitrogen and oxygen atoms in total. The van der Waals surface area contributed by atoms with Crippen LogP contribution < -0.4 is 14.8 Å². The second kappa shape index (κ2) is 9.26. The molecule has 2 aromatic rings. The lowest BCUT2D eigenvalue weighted by atomic mass is 10.1. The summed E-state index contributed by atoms with van der Waals surface area (Å²) < 4.78 is 10.6. The van der Waals surface area contributed by atoms with Crippen LogP contribution >= 0.6 is 0 Å². The number of aryl methyl sites for hydroxylation is 1. The molecule has 1 fully saturated rings. The first-order valence-corrected chi connectivity index (χ1v) is 9.51. The van der Waals surface area contributed by atoms with E-state index < -0.39 is 0 Å². The molecule has 148 valence electrons. The highest BCUT2D eigenvalue weighted by Gasteiger charge is 2.19. The first-order valence-electron chi connectivity index (χ1n) is 9.51. The minimum Gasteiger partial charge on any atom is -0.496 e. The Morgan fingerprint density at radius 2 is 1.57 bits per heavy atom. The van der Waals surface area contributed by atoms with Gasteiger partial charge in [-0.3, -0.25) is 9.59 Å². The van der Waals surface area contributed by atoms with E-state index in [0.717, 1.165) is 31.5 Å². The fourth-order valence-electron chi connectivity index (χ4n) is 3.40. The third kappa shape index (κ3) is 4.63. The Kier molecular flexibility index (Phi) is 6.53. The minimum absolute atomic E-state index is 0.221. The molecule has 2 aromatic carbocycles. The number of carbonyl (C=O) groups excluding carboxylic acids is 2. The normalized spacial score (nSPS) is 13.3. The SMILES string of the molecule is COc1cccc(OC)c1C(=O)Nc1ccc(CCC(=O)N2CCCC2)cc1. The summed E-state index contributed by atoms with van der Waals surface area (Å²) in [6.45, 7) is 1.77. The van der Waals surface area contributed by atoms with Crippen LogP contribution in [0.2, 0.25) is 0 Å². The molecule has 1 heterocycles. The maximum Gasteiger partial charge on any atom is 0.263 e. The molecule has 0 atom stereocenters. The average molecular weight is 382 g/mol. The van der Waals surface area contributed by atoms with Crippen LogP contribution in [-0.2, 0) is 11.2 Å². The highest BCUT2D eigenvalue weighted by atomic mass is 16.5. The first kappa shape index (κ1) is 19.7. The molecular formula is C22H26N2O4. The van der Waals surface area contributed by atoms with Crippen LogP contribution in [0.3, 0.4) is 0 Å². The summed E-state index contributed by atoms with van der Waals surface area (Å²) in [5, 5.41) is 2.87. The van der Waals surface area contributed by atoms with Crippen LogP contribution in [0.1, 0.15) is 35.2 Å². The van der Waals surface area contributed by atoms with Crippen molar-refractivity contribution in [1.82, 2.24) is 4.90 Å². The lowest BCUT2D eigenvalue weighted by molar-refractivity contribution is -0.130. The highest BCUT2D eigenvalue weighted by molar-refractivity contribution is 6.08. The quantitative estimate of drug-likeness (QED) is 0.796. The smallest absolute Gasteiger partial charge is 0.263 e. The first-order chi connectivity index (χ1) is 13.6. The molecule has 0 unspecified atom stereocenters. The number of hydrogen-bond acceptors (Lipinski definition) is 4. The van der Waals surface area contributed by atoms with Gasteiger partial charge in [-0.2, -0.15) is 0 Å². The summed E-state index contributed by atoms with van der Waals surface area (Å²) in [5.74, 6) is 0.826. The Bertz CT molecular complexity index is 805. The van der Waals surface area contributed by atoms with Gasteiger partial charge < -0.3 is 19.7 Å². The molecule has 0 saturated carbocycles. The molecule has 28 heavy (non-hydrogen) atoms. The maximum atomic E-state index is 12.7. The number of benzene rings is 2. The number of nitrogens with zero attached hydrogens (tertiary/aromatic N) is 1. The summed E-state index contributed by atoms with van der Waals surface area (Å²) in [7, 11) is 3.04. The van der Waals surface area contributed by atoms with E-state index in [1.165, 1.54) is 14.2 Å². The van der Waals surface area contributed by atoms with Gasteiger partial charge in [0.1, 0.15) is 17.1 Å². The highest BCUT2D eigenvalue weighted by Crippen LogP contribution is 2.29. The second-order valence-corrected chi connectivity index (χ2v) is 6.78. The zero-order valence-electron chi connectivity index (χ0n) is 16.4. The standard InChI is InChI=1S/C22H26N2O4/c1-27-18-6-5-7-19(28-2)21(18)22(26)23-17-11-8-16(9-12-17)10-13-20(25)24-14-3-4-15-24/h5-9,11-12H,3-4,10,13-15H2,1-2H3,(H,23,26). The van der Waals surface area contributed by atoms with Crippen LogP contribution in [0.25, 0.3) is 0 Å². The van der Waals surface area contributed by atoms with Crippen molar-refractivity contribution in [3.63, 3.8) is 0 Å². The third-order valence-electron chi connectivity index (χ3n) is 4.95. The van der Waals surface area contributed by atoms with Gasteiger partial charge >= 0.3 is 0 Å². The molecule has 3 rings (SSSR count). The van der Waals surface area contributed by atoms with Crippen LogP contribution in [0.5, 0.6) is 11.5 Å². The van der Waals surface area contributed by atoms with Gasteiger partial charge in [-0.05, 0) is 49.1 Å². The van der Waals surface area contributed by atoms with Crippen molar-refractivity contribution in [3.8, 4) is 11.5 Å². The Balaban J connectivity index is 1.61. The third-order valence-corrected chi connectivity index (χ3v) is 4.95. The Morgan fingerprint density at radius 1 is 0.964 bits per heavy atom. The van der Waals surface area contributed by atoms with Gasteiger partial charge in [0.15, 0.2) is 0 Å². The van der Waals surface area contributed by atoms with E-state index >= 15 is 0 Å². The lowest BCUT2D eigenvalue weighted by Gasteiger charge is -2.15. The van der Waals surface area contributed by atoms with Crippen molar-refractivity contribution in [2.24, 2.45) is 0 Å². The summed E-state index contributed by atoms with van der Waals surface area (Å²) in [6, 6.07) is 12.8. The fourth-order valence-corrected chi connectivity index (χ4v) is 3.40. The number of methoxy groups -OCH3 is 2. The van der Waals surface area contributed by atoms with Crippen LogP contribution in [0, 0.1) is 0 Å². The number of ether oxygens (including phenoxy) is 2. The van der Waals surface area contributed by atoms with E-state index in [9.17, 15) is 9.59 Å². The van der Waals surface area contributed by atoms with Crippen molar-refractivity contribution >= 4 is 17.5 Å². The molecular weight excluding hydrogens is 356 g/mol. The van der Waals surface area contributed by atoms with Gasteiger partial charge in [-0.15, -0.1) is 0 Å². The molecule has 0 spiro atoms. The van der Waals surface area contributed by atoms with Gasteiger partial charge in [0.25, 0.3) is 5.91 Å². The largest absolute Gasteiger partial charge is 0.496 e. The van der Waals surface area contributed by atoms with Gasteiger partial charge in [0, 0.05) is 25.2 Å². The van der Waals surface area contributed by atoms with E-state index in [1.807, 2.05) is 29.2 Å². The maximum absolute atomic E-state index is 12.7. The number of nitrogens with one attached hydrogen (secondary N) is 1. The zero-order valence-corrected chi connectivity index (χ0v) is 16.4. The monoisotopic (exact) mass is 382 g/mol. The van der Waals surface area contributed by atoms with Crippen molar-refractivity contribution in [2.45, 2.75) is 25.7 Å². The number of carbonyl (C=O) groups is 2. The van der Waals surface area contributed by atoms with Gasteiger partial charge in [-0.25, -0.2) is 0 Å². The number of rotatable bonds is 7. The summed E-state index contributed by atoms with van der Waals surface area (Å²) in [4.78, 5) is 26.8. The van der Waals surface area contributed by atoms with E-state index in [1.54, 1.807) is 18.2 Å². The van der Waals surface area contributed by atoms with Gasteiger partial charge in [0.2, 0.25) is 5.91 Å². The number of hydrogen-bond donors (Lipinski definition) is 1. The van der Waals surface area contributed by atoms with E-state index in [0.29, 0.717) is 35.6 Å². The molecule has 0 aliphatic carbocycles. The molecule has 0 aromatic heterocycles. The molecule has 0 radical (unpaired) electrons. The molecule has 1 aliphatic rings. The predicted molar refractivity (Wildman–Crippen MR) is 108 cm³/mol. The molecule has 1 saturated heterocycles. The average Bonchev–Trinajstić information content (AvgIpc) is 3.27. The van der Waals surface area contributed by atoms with E-state index in [-0.39, 0.29) is 11.8 Å². The van der Waals surface area contributed by atoms with Gasteiger partial charge in [-0.1, -0.05) is 18.2 Å². The predicted octanol–water partition coefficient (Wildman–Crippen LogP) is 3.51. The van der Waals surface area contributed by atoms with E-state index in [4.69, 9.17) is 9.47 Å². The van der Waals surface area contributed by atoms with Crippen LogP contribution in [0.15, 0.2) is 42.5 Å². The number of amides is 2. The van der Waals surface area contributed by atoms with Crippen molar-refractivity contribution in [2.75, 3.05) is 32.6 Å². The second-order valence-electron chi connectivity index (χ2n) is 6.78. The molecule has 2 amide bonds. The zero-order chi connectivity index (χ0) is 19.9. The molecule has 6 heteroatoms. The minimum atomic E-state index is -0.300. The van der Waals surface area contributed by atoms with Crippen molar-refractivity contribution in [1.29, 1.82) is 0 Å². The molecule has 0 bridgehead atoms. The van der Waals surface area contributed by atoms with Crippen LogP contribution in [0.4, 0.5) is 5.69 Å². The topological polar surface area (TPSA) is 67.9 Å². The molecule has 1 aliphatic heterocycles. The van der Waals surface area contributed by atoms with E-state index in [2.05, 4.69) is 5.32 Å². The lowest BCUT2D eigenvalue weighted by Crippen LogP contribution is -2.27.